The maximum atomic E-state index is 8.49. The van der Waals surface area contributed by atoms with Crippen LogP contribution in [0.2, 0.25) is 0 Å². The van der Waals surface area contributed by atoms with Crippen LogP contribution in [0.25, 0.3) is 32.2 Å². The molecule has 5 heteroatoms. The molecule has 0 fully saturated rings. The van der Waals surface area contributed by atoms with Crippen molar-refractivity contribution in [2.45, 2.75) is 13.5 Å². The molecule has 0 saturated heterocycles. The van der Waals surface area contributed by atoms with E-state index in [0.717, 1.165) is 17.4 Å². The highest BCUT2D eigenvalue weighted by Gasteiger charge is 2.12. The Hall–Kier alpha value is -2.52. The molecule has 1 aromatic carbocycles. The van der Waals surface area contributed by atoms with Crippen molar-refractivity contribution in [3.63, 3.8) is 0 Å². The number of fused-ring (bicyclic) bond motifs is 3. The van der Waals surface area contributed by atoms with Crippen molar-refractivity contribution < 1.29 is 4.68 Å². The Morgan fingerprint density at radius 3 is 2.78 bits per heavy atom. The molecule has 0 unspecified atom stereocenters. The summed E-state index contributed by atoms with van der Waals surface area (Å²) in [5, 5.41) is 5.86. The van der Waals surface area contributed by atoms with Crippen LogP contribution in [0.1, 0.15) is 6.92 Å². The average molecular weight is 238 g/mol. The van der Waals surface area contributed by atoms with Gasteiger partial charge < -0.3 is 4.57 Å². The summed E-state index contributed by atoms with van der Waals surface area (Å²) in [5.41, 5.74) is 10.8. The molecular weight excluding hydrogens is 226 g/mol. The van der Waals surface area contributed by atoms with Gasteiger partial charge >= 0.3 is 0 Å². The first-order chi connectivity index (χ1) is 8.85. The van der Waals surface area contributed by atoms with Crippen molar-refractivity contribution in [1.29, 1.82) is 0 Å². The van der Waals surface area contributed by atoms with E-state index in [-0.39, 0.29) is 0 Å². The number of aryl methyl sites for hydroxylation is 1. The Balaban J connectivity index is 2.48. The summed E-state index contributed by atoms with van der Waals surface area (Å²) in [4.78, 5) is 2.80. The predicted molar refractivity (Wildman–Crippen MR) is 69.9 cm³/mol. The quantitative estimate of drug-likeness (QED) is 0.285. The maximum Gasteiger partial charge on any atom is 0.203 e. The van der Waals surface area contributed by atoms with Gasteiger partial charge in [0.2, 0.25) is 5.22 Å². The molecule has 18 heavy (non-hydrogen) atoms. The van der Waals surface area contributed by atoms with E-state index in [2.05, 4.69) is 33.8 Å². The lowest BCUT2D eigenvalue weighted by Gasteiger charge is -2.00. The van der Waals surface area contributed by atoms with Gasteiger partial charge in [-0.2, -0.15) is 0 Å². The van der Waals surface area contributed by atoms with Crippen LogP contribution in [-0.4, -0.2) is 4.57 Å². The van der Waals surface area contributed by atoms with Crippen molar-refractivity contribution in [2.75, 3.05) is 0 Å². The molecule has 3 rings (SSSR count). The molecule has 0 aliphatic heterocycles. The molecular formula is C13H12N5+. The molecule has 3 aromatic rings. The average Bonchev–Trinajstić information content (AvgIpc) is 2.72. The van der Waals surface area contributed by atoms with Crippen molar-refractivity contribution >= 4 is 21.8 Å². The number of para-hydroxylation sites is 1. The van der Waals surface area contributed by atoms with Gasteiger partial charge in [-0.05, 0) is 13.0 Å². The van der Waals surface area contributed by atoms with Gasteiger partial charge in [0, 0.05) is 29.0 Å². The Morgan fingerprint density at radius 1 is 1.22 bits per heavy atom. The van der Waals surface area contributed by atoms with Crippen LogP contribution in [0.4, 0.5) is 0 Å². The molecule has 0 aliphatic carbocycles. The molecule has 0 N–H and O–H groups in total. The number of pyridine rings is 1. The highest BCUT2D eigenvalue weighted by atomic mass is 15.4. The van der Waals surface area contributed by atoms with E-state index in [0.29, 0.717) is 0 Å². The Morgan fingerprint density at radius 2 is 2.00 bits per heavy atom. The second-order valence-corrected chi connectivity index (χ2v) is 4.06. The summed E-state index contributed by atoms with van der Waals surface area (Å²) in [6.45, 7) is 3.04. The standard InChI is InChI=1S/C13H12N5/c1-2-18-12-6-4-3-5-10(12)11-9-17(16-15-14)8-7-13(11)18/h3-9H,2H2,1H3/q+1. The number of azide groups is 1. The van der Waals surface area contributed by atoms with Gasteiger partial charge in [0.15, 0.2) is 12.4 Å². The SMILES string of the molecule is CCn1c2ccccc2c2c[n+](N=[N+]=[N-])ccc21. The zero-order chi connectivity index (χ0) is 12.5. The summed E-state index contributed by atoms with van der Waals surface area (Å²) < 4.78 is 3.75. The summed E-state index contributed by atoms with van der Waals surface area (Å²) in [6.07, 6.45) is 3.64. The van der Waals surface area contributed by atoms with Crippen molar-refractivity contribution in [3.05, 3.63) is 53.2 Å². The van der Waals surface area contributed by atoms with Gasteiger partial charge in [-0.15, -0.1) is 0 Å². The second-order valence-electron chi connectivity index (χ2n) is 4.06. The molecule has 0 atom stereocenters. The molecule has 0 radical (unpaired) electrons. The lowest BCUT2D eigenvalue weighted by molar-refractivity contribution is -0.680. The third-order valence-corrected chi connectivity index (χ3v) is 3.16. The first kappa shape index (κ1) is 10.6. The molecule has 0 spiro atoms. The summed E-state index contributed by atoms with van der Waals surface area (Å²) in [6, 6.07) is 10.2. The number of benzene rings is 1. The van der Waals surface area contributed by atoms with E-state index < -0.39 is 0 Å². The Kier molecular flexibility index (Phi) is 2.39. The van der Waals surface area contributed by atoms with Crippen LogP contribution in [-0.2, 0) is 6.54 Å². The maximum absolute atomic E-state index is 8.49. The fraction of sp³-hybridized carbons (Fsp3) is 0.154. The minimum absolute atomic E-state index is 0.912. The van der Waals surface area contributed by atoms with E-state index in [4.69, 9.17) is 5.53 Å². The molecule has 88 valence electrons. The summed E-state index contributed by atoms with van der Waals surface area (Å²) in [7, 11) is 0. The van der Waals surface area contributed by atoms with E-state index in [9.17, 15) is 0 Å². The molecule has 2 heterocycles. The van der Waals surface area contributed by atoms with E-state index in [1.54, 1.807) is 6.20 Å². The van der Waals surface area contributed by atoms with Gasteiger partial charge in [-0.3, -0.25) is 0 Å². The predicted octanol–water partition coefficient (Wildman–Crippen LogP) is 3.18. The molecule has 0 bridgehead atoms. The normalized spacial score (nSPS) is 10.7. The number of nitrogens with zero attached hydrogens (tertiary/aromatic N) is 5. The molecule has 5 nitrogen and oxygen atoms in total. The smallest absolute Gasteiger partial charge is 0.203 e. The highest BCUT2D eigenvalue weighted by molar-refractivity contribution is 6.07. The molecule has 2 aromatic heterocycles. The number of hydrogen-bond acceptors (Lipinski definition) is 1. The summed E-state index contributed by atoms with van der Waals surface area (Å²) >= 11 is 0. The van der Waals surface area contributed by atoms with E-state index in [1.807, 2.05) is 24.4 Å². The number of rotatable bonds is 2. The van der Waals surface area contributed by atoms with Crippen molar-refractivity contribution in [3.8, 4) is 0 Å². The van der Waals surface area contributed by atoms with Crippen LogP contribution < -0.4 is 4.68 Å². The summed E-state index contributed by atoms with van der Waals surface area (Å²) in [5.74, 6) is 0. The van der Waals surface area contributed by atoms with E-state index in [1.165, 1.54) is 15.6 Å². The number of hydrogen-bond donors (Lipinski definition) is 0. The topological polar surface area (TPSA) is 57.6 Å². The highest BCUT2D eigenvalue weighted by Crippen LogP contribution is 2.27. The number of aromatic nitrogens is 2. The van der Waals surface area contributed by atoms with Gasteiger partial charge in [0.05, 0.1) is 15.8 Å². The minimum atomic E-state index is 0.912. The molecule has 0 saturated carbocycles. The van der Waals surface area contributed by atoms with Gasteiger partial charge in [-0.1, -0.05) is 22.9 Å². The Labute approximate surface area is 103 Å². The monoisotopic (exact) mass is 238 g/mol. The first-order valence-corrected chi connectivity index (χ1v) is 5.82. The second kappa shape index (κ2) is 4.05. The zero-order valence-electron chi connectivity index (χ0n) is 9.98. The third-order valence-electron chi connectivity index (χ3n) is 3.16. The minimum Gasteiger partial charge on any atom is -0.340 e. The molecule has 0 amide bonds. The third kappa shape index (κ3) is 1.42. The fourth-order valence-corrected chi connectivity index (χ4v) is 2.43. The van der Waals surface area contributed by atoms with Crippen LogP contribution >= 0.6 is 0 Å². The van der Waals surface area contributed by atoms with Crippen LogP contribution in [0, 0.1) is 0 Å². The van der Waals surface area contributed by atoms with Crippen LogP contribution in [0.15, 0.2) is 47.9 Å². The van der Waals surface area contributed by atoms with Gasteiger partial charge in [0.25, 0.3) is 0 Å². The largest absolute Gasteiger partial charge is 0.340 e. The van der Waals surface area contributed by atoms with Crippen molar-refractivity contribution in [2.24, 2.45) is 5.22 Å². The van der Waals surface area contributed by atoms with Crippen molar-refractivity contribution in [1.82, 2.24) is 4.57 Å². The zero-order valence-corrected chi connectivity index (χ0v) is 9.98. The van der Waals surface area contributed by atoms with Gasteiger partial charge in [-0.25, -0.2) is 0 Å². The van der Waals surface area contributed by atoms with Crippen LogP contribution in [0.3, 0.4) is 0 Å². The first-order valence-electron chi connectivity index (χ1n) is 5.82. The van der Waals surface area contributed by atoms with Gasteiger partial charge in [0.1, 0.15) is 0 Å². The lowest BCUT2D eigenvalue weighted by Crippen LogP contribution is -2.24. The fourth-order valence-electron chi connectivity index (χ4n) is 2.43. The van der Waals surface area contributed by atoms with E-state index >= 15 is 0 Å². The lowest BCUT2D eigenvalue weighted by atomic mass is 10.2. The molecule has 0 aliphatic rings. The van der Waals surface area contributed by atoms with Crippen LogP contribution in [0.5, 0.6) is 0 Å². The Bertz CT molecular complexity index is 781.